The van der Waals surface area contributed by atoms with Gasteiger partial charge in [-0.15, -0.1) is 0 Å². The average molecular weight is 328 g/mol. The lowest BCUT2D eigenvalue weighted by molar-refractivity contribution is 0.0427. The van der Waals surface area contributed by atoms with E-state index in [-0.39, 0.29) is 6.61 Å². The van der Waals surface area contributed by atoms with Gasteiger partial charge >= 0.3 is 0 Å². The number of nitrogens with one attached hydrogen (secondary N) is 1. The highest BCUT2D eigenvalue weighted by Crippen LogP contribution is 2.47. The van der Waals surface area contributed by atoms with Crippen molar-refractivity contribution in [2.75, 3.05) is 13.2 Å². The number of hydrogen-bond acceptors (Lipinski definition) is 4. The molecular weight excluding hydrogens is 300 g/mol. The minimum absolute atomic E-state index is 0.289. The van der Waals surface area contributed by atoms with Gasteiger partial charge in [-0.2, -0.15) is 5.10 Å². The number of nitrogens with zero attached hydrogens (tertiary/aromatic N) is 3. The normalized spacial score (nSPS) is 17.5. The Balaban J connectivity index is 1.65. The monoisotopic (exact) mass is 328 g/mol. The highest BCUT2D eigenvalue weighted by molar-refractivity contribution is 5.61. The Kier molecular flexibility index (Phi) is 5.31. The molecule has 0 radical (unpaired) electrons. The van der Waals surface area contributed by atoms with Crippen molar-refractivity contribution in [1.29, 1.82) is 0 Å². The fourth-order valence-electron chi connectivity index (χ4n) is 3.84. The summed E-state index contributed by atoms with van der Waals surface area (Å²) in [6.45, 7) is 4.40. The van der Waals surface area contributed by atoms with E-state index in [1.807, 2.05) is 23.9 Å². The van der Waals surface area contributed by atoms with Crippen molar-refractivity contribution >= 4 is 0 Å². The Morgan fingerprint density at radius 2 is 2.08 bits per heavy atom. The molecular formula is C19H28N4O. The molecule has 2 N–H and O–H groups in total. The van der Waals surface area contributed by atoms with Gasteiger partial charge in [-0.3, -0.25) is 9.67 Å². The van der Waals surface area contributed by atoms with Crippen molar-refractivity contribution in [1.82, 2.24) is 20.1 Å². The largest absolute Gasteiger partial charge is 0.396 e. The fraction of sp³-hybridized carbons (Fsp3) is 0.579. The molecule has 2 heterocycles. The molecule has 0 saturated heterocycles. The van der Waals surface area contributed by atoms with Crippen molar-refractivity contribution in [3.8, 4) is 11.3 Å². The second kappa shape index (κ2) is 7.45. The minimum atomic E-state index is 0.289. The van der Waals surface area contributed by atoms with Gasteiger partial charge in [-0.25, -0.2) is 0 Å². The first kappa shape index (κ1) is 17.1. The summed E-state index contributed by atoms with van der Waals surface area (Å²) < 4.78 is 1.88. The van der Waals surface area contributed by atoms with E-state index in [0.717, 1.165) is 30.8 Å². The maximum absolute atomic E-state index is 9.25. The van der Waals surface area contributed by atoms with Gasteiger partial charge in [0.1, 0.15) is 0 Å². The van der Waals surface area contributed by atoms with Crippen LogP contribution in [0.2, 0.25) is 0 Å². The molecule has 24 heavy (non-hydrogen) atoms. The van der Waals surface area contributed by atoms with Crippen LogP contribution in [0.4, 0.5) is 0 Å². The lowest BCUT2D eigenvalue weighted by Gasteiger charge is -2.47. The molecule has 0 bridgehead atoms. The lowest BCUT2D eigenvalue weighted by Crippen LogP contribution is -2.44. The van der Waals surface area contributed by atoms with Crippen molar-refractivity contribution < 1.29 is 5.11 Å². The summed E-state index contributed by atoms with van der Waals surface area (Å²) in [4.78, 5) is 4.09. The maximum atomic E-state index is 9.25. The second-order valence-corrected chi connectivity index (χ2v) is 7.15. The Morgan fingerprint density at radius 1 is 1.33 bits per heavy atom. The van der Waals surface area contributed by atoms with Crippen LogP contribution in [-0.2, 0) is 13.6 Å². The number of rotatable bonds is 8. The molecule has 5 nitrogen and oxygen atoms in total. The molecule has 130 valence electrons. The molecule has 3 rings (SSSR count). The van der Waals surface area contributed by atoms with Crippen LogP contribution in [0.15, 0.2) is 30.7 Å². The quantitative estimate of drug-likeness (QED) is 0.782. The minimum Gasteiger partial charge on any atom is -0.396 e. The predicted molar refractivity (Wildman–Crippen MR) is 95.3 cm³/mol. The summed E-state index contributed by atoms with van der Waals surface area (Å²) in [5.41, 5.74) is 3.71. The fourth-order valence-corrected chi connectivity index (χ4v) is 3.84. The van der Waals surface area contributed by atoms with Crippen molar-refractivity contribution in [3.05, 3.63) is 36.3 Å². The first-order valence-corrected chi connectivity index (χ1v) is 8.89. The van der Waals surface area contributed by atoms with E-state index in [2.05, 4.69) is 28.5 Å². The molecule has 2 aromatic heterocycles. The Labute approximate surface area is 144 Å². The highest BCUT2D eigenvalue weighted by Gasteiger charge is 2.40. The van der Waals surface area contributed by atoms with Crippen LogP contribution < -0.4 is 5.32 Å². The van der Waals surface area contributed by atoms with E-state index < -0.39 is 0 Å². The summed E-state index contributed by atoms with van der Waals surface area (Å²) >= 11 is 0. The third-order valence-corrected chi connectivity index (χ3v) is 5.61. The Morgan fingerprint density at radius 3 is 2.71 bits per heavy atom. The van der Waals surface area contributed by atoms with Crippen LogP contribution in [0.1, 0.15) is 38.2 Å². The van der Waals surface area contributed by atoms with Crippen LogP contribution in [0.25, 0.3) is 11.3 Å². The third kappa shape index (κ3) is 3.52. The van der Waals surface area contributed by atoms with Gasteiger partial charge in [0.15, 0.2) is 0 Å². The predicted octanol–water partition coefficient (Wildman–Crippen LogP) is 2.76. The zero-order valence-corrected chi connectivity index (χ0v) is 14.7. The molecule has 5 heteroatoms. The Hall–Kier alpha value is -1.72. The van der Waals surface area contributed by atoms with Gasteiger partial charge in [0.25, 0.3) is 0 Å². The van der Waals surface area contributed by atoms with Crippen LogP contribution >= 0.6 is 0 Å². The molecule has 0 unspecified atom stereocenters. The standard InChI is InChI=1S/C19H28N4O/c1-15(6-11-24)19(7-3-8-19)14-21-12-17-13-23(2)22-18(17)16-4-9-20-10-5-16/h4-5,9-10,13,15,21,24H,3,6-8,11-12,14H2,1-2H3/t15-/m1/s1. The number of aryl methyl sites for hydroxylation is 1. The number of hydrogen-bond donors (Lipinski definition) is 2. The lowest BCUT2D eigenvalue weighted by atomic mass is 9.60. The average Bonchev–Trinajstić information content (AvgIpc) is 2.92. The van der Waals surface area contributed by atoms with E-state index in [1.165, 1.54) is 24.8 Å². The van der Waals surface area contributed by atoms with Crippen LogP contribution in [-0.4, -0.2) is 33.0 Å². The van der Waals surface area contributed by atoms with Gasteiger partial charge in [-0.1, -0.05) is 13.3 Å². The van der Waals surface area contributed by atoms with Gasteiger partial charge in [0.05, 0.1) is 5.69 Å². The molecule has 0 aromatic carbocycles. The molecule has 1 atom stereocenters. The van der Waals surface area contributed by atoms with Crippen molar-refractivity contribution in [2.24, 2.45) is 18.4 Å². The molecule has 1 aliphatic rings. The third-order valence-electron chi connectivity index (χ3n) is 5.61. The molecule has 1 saturated carbocycles. The van der Waals surface area contributed by atoms with Crippen molar-refractivity contribution in [3.63, 3.8) is 0 Å². The number of pyridine rings is 1. The summed E-state index contributed by atoms with van der Waals surface area (Å²) in [6.07, 6.45) is 10.5. The van der Waals surface area contributed by atoms with Crippen LogP contribution in [0.5, 0.6) is 0 Å². The van der Waals surface area contributed by atoms with Gasteiger partial charge in [-0.05, 0) is 42.7 Å². The zero-order chi connectivity index (χ0) is 17.0. The molecule has 1 fully saturated rings. The van der Waals surface area contributed by atoms with Crippen LogP contribution in [0, 0.1) is 11.3 Å². The summed E-state index contributed by atoms with van der Waals surface area (Å²) in [5, 5.41) is 17.5. The molecule has 0 spiro atoms. The van der Waals surface area contributed by atoms with E-state index in [4.69, 9.17) is 0 Å². The first-order chi connectivity index (χ1) is 11.6. The summed E-state index contributed by atoms with van der Waals surface area (Å²) in [5.74, 6) is 0.567. The number of aliphatic hydroxyl groups is 1. The summed E-state index contributed by atoms with van der Waals surface area (Å²) in [6, 6.07) is 4.01. The van der Waals surface area contributed by atoms with Crippen LogP contribution in [0.3, 0.4) is 0 Å². The molecule has 0 aliphatic heterocycles. The zero-order valence-electron chi connectivity index (χ0n) is 14.7. The van der Waals surface area contributed by atoms with Crippen molar-refractivity contribution in [2.45, 2.75) is 39.2 Å². The topological polar surface area (TPSA) is 63.0 Å². The van der Waals surface area contributed by atoms with E-state index in [0.29, 0.717) is 11.3 Å². The van der Waals surface area contributed by atoms with E-state index in [9.17, 15) is 5.11 Å². The van der Waals surface area contributed by atoms with Gasteiger partial charge in [0.2, 0.25) is 0 Å². The van der Waals surface area contributed by atoms with Gasteiger partial charge in [0, 0.05) is 56.5 Å². The second-order valence-electron chi connectivity index (χ2n) is 7.15. The smallest absolute Gasteiger partial charge is 0.0969 e. The number of aromatic nitrogens is 3. The SMILES string of the molecule is C[C@H](CCO)C1(CNCc2cn(C)nc2-c2ccncc2)CCC1. The molecule has 1 aliphatic carbocycles. The maximum Gasteiger partial charge on any atom is 0.0969 e. The Bertz CT molecular complexity index is 649. The van der Waals surface area contributed by atoms with E-state index in [1.54, 1.807) is 12.4 Å². The van der Waals surface area contributed by atoms with E-state index >= 15 is 0 Å². The molecule has 0 amide bonds. The first-order valence-electron chi connectivity index (χ1n) is 8.89. The van der Waals surface area contributed by atoms with Gasteiger partial charge < -0.3 is 10.4 Å². The summed E-state index contributed by atoms with van der Waals surface area (Å²) in [7, 11) is 1.96. The highest BCUT2D eigenvalue weighted by atomic mass is 16.3. The molecule has 2 aromatic rings. The number of aliphatic hydroxyl groups excluding tert-OH is 1.